The summed E-state index contributed by atoms with van der Waals surface area (Å²) in [6.45, 7) is 3.61. The molecule has 43 heavy (non-hydrogen) atoms. The van der Waals surface area contributed by atoms with Crippen LogP contribution in [0.2, 0.25) is 5.02 Å². The van der Waals surface area contributed by atoms with Crippen LogP contribution in [0.25, 0.3) is 0 Å². The minimum absolute atomic E-state index is 0.220. The first-order chi connectivity index (χ1) is 20.7. The van der Waals surface area contributed by atoms with Crippen molar-refractivity contribution in [1.29, 1.82) is 0 Å². The number of ether oxygens (including phenoxy) is 3. The van der Waals surface area contributed by atoms with Gasteiger partial charge in [0.25, 0.3) is 5.91 Å². The zero-order valence-corrected chi connectivity index (χ0v) is 27.8. The number of halogens is 3. The standard InChI is InChI=1S/C30H27Br2ClN4O5S/c1-3-40-29(39)26-17(2)35-30(43)36-27(26)21-9-5-7-11-24(21)41-16-25(38)37-34-14-19-12-20(31)13-22(32)28(19)42-15-18-8-4-6-10-23(18)33/h4-14,27H,3,15-16H2,1-2H3,(H,37,38)(H2,35,36,43)/t27-/m1/s1. The number of carbonyl (C=O) groups is 2. The highest BCUT2D eigenvalue weighted by atomic mass is 79.9. The maximum Gasteiger partial charge on any atom is 0.338 e. The summed E-state index contributed by atoms with van der Waals surface area (Å²) in [5.41, 5.74) is 5.47. The normalized spacial score (nSPS) is 14.6. The van der Waals surface area contributed by atoms with Gasteiger partial charge in [-0.25, -0.2) is 10.2 Å². The molecule has 9 nitrogen and oxygen atoms in total. The fourth-order valence-electron chi connectivity index (χ4n) is 4.20. The molecule has 224 valence electrons. The minimum atomic E-state index is -0.635. The van der Waals surface area contributed by atoms with Gasteiger partial charge in [0, 0.05) is 31.9 Å². The molecule has 1 heterocycles. The molecule has 0 saturated carbocycles. The lowest BCUT2D eigenvalue weighted by atomic mass is 9.95. The van der Waals surface area contributed by atoms with Crippen molar-refractivity contribution in [2.24, 2.45) is 5.10 Å². The maximum atomic E-state index is 12.8. The van der Waals surface area contributed by atoms with Crippen LogP contribution in [0.5, 0.6) is 11.5 Å². The first kappa shape index (κ1) is 32.5. The third-order valence-electron chi connectivity index (χ3n) is 6.11. The van der Waals surface area contributed by atoms with Crippen LogP contribution >= 0.6 is 55.7 Å². The Hall–Kier alpha value is -3.45. The second-order valence-corrected chi connectivity index (χ2v) is 11.7. The predicted octanol–water partition coefficient (Wildman–Crippen LogP) is 6.33. The van der Waals surface area contributed by atoms with E-state index in [1.54, 1.807) is 44.2 Å². The Labute approximate surface area is 276 Å². The van der Waals surface area contributed by atoms with Gasteiger partial charge in [-0.15, -0.1) is 0 Å². The second kappa shape index (κ2) is 15.3. The monoisotopic (exact) mass is 748 g/mol. The molecular formula is C30H27Br2ClN4O5S. The summed E-state index contributed by atoms with van der Waals surface area (Å²) >= 11 is 18.6. The topological polar surface area (TPSA) is 110 Å². The summed E-state index contributed by atoms with van der Waals surface area (Å²) in [4.78, 5) is 25.4. The van der Waals surface area contributed by atoms with E-state index in [9.17, 15) is 9.59 Å². The maximum absolute atomic E-state index is 12.8. The van der Waals surface area contributed by atoms with E-state index in [1.807, 2.05) is 30.3 Å². The van der Waals surface area contributed by atoms with Crippen LogP contribution in [-0.4, -0.2) is 36.4 Å². The molecule has 4 rings (SSSR count). The molecule has 3 aromatic carbocycles. The van der Waals surface area contributed by atoms with Crippen LogP contribution in [0.4, 0.5) is 0 Å². The number of benzene rings is 3. The molecule has 0 spiro atoms. The van der Waals surface area contributed by atoms with E-state index < -0.39 is 17.9 Å². The van der Waals surface area contributed by atoms with Crippen molar-refractivity contribution in [2.45, 2.75) is 26.5 Å². The number of nitrogens with zero attached hydrogens (tertiary/aromatic N) is 1. The average Bonchev–Trinajstić information content (AvgIpc) is 2.96. The number of thiocarbonyl (C=S) groups is 1. The zero-order valence-electron chi connectivity index (χ0n) is 23.1. The van der Waals surface area contributed by atoms with E-state index in [2.05, 4.69) is 53.0 Å². The molecule has 0 saturated heterocycles. The smallest absolute Gasteiger partial charge is 0.338 e. The first-order valence-electron chi connectivity index (χ1n) is 13.0. The summed E-state index contributed by atoms with van der Waals surface area (Å²) in [6.07, 6.45) is 1.47. The fourth-order valence-corrected chi connectivity index (χ4v) is 6.03. The van der Waals surface area contributed by atoms with E-state index in [1.165, 1.54) is 6.21 Å². The molecule has 0 fully saturated rings. The molecule has 1 amide bonds. The highest BCUT2D eigenvalue weighted by Crippen LogP contribution is 2.34. The number of esters is 1. The Balaban J connectivity index is 1.44. The molecule has 1 aliphatic rings. The number of para-hydroxylation sites is 1. The van der Waals surface area contributed by atoms with Crippen molar-refractivity contribution in [1.82, 2.24) is 16.1 Å². The van der Waals surface area contributed by atoms with Crippen LogP contribution in [-0.2, 0) is 20.9 Å². The fraction of sp³-hybridized carbons (Fsp3) is 0.200. The van der Waals surface area contributed by atoms with Crippen LogP contribution < -0.4 is 25.5 Å². The molecule has 1 atom stereocenters. The molecule has 0 aromatic heterocycles. The van der Waals surface area contributed by atoms with Crippen molar-refractivity contribution < 1.29 is 23.8 Å². The summed E-state index contributed by atoms with van der Waals surface area (Å²) in [5.74, 6) is -0.0578. The Kier molecular flexibility index (Phi) is 11.6. The second-order valence-electron chi connectivity index (χ2n) is 9.10. The SMILES string of the molecule is CCOC(=O)C1=C(C)NC(=S)N[C@@H]1c1ccccc1OCC(=O)NN=Cc1cc(Br)cc(Br)c1OCc1ccccc1Cl. The quantitative estimate of drug-likeness (QED) is 0.0904. The number of carbonyl (C=O) groups excluding carboxylic acids is 2. The van der Waals surface area contributed by atoms with E-state index in [0.29, 0.717) is 48.5 Å². The van der Waals surface area contributed by atoms with Crippen molar-refractivity contribution in [3.63, 3.8) is 0 Å². The minimum Gasteiger partial charge on any atom is -0.487 e. The summed E-state index contributed by atoms with van der Waals surface area (Å²) in [6, 6.07) is 17.5. The lowest BCUT2D eigenvalue weighted by Crippen LogP contribution is -2.45. The molecule has 3 N–H and O–H groups in total. The third kappa shape index (κ3) is 8.56. The van der Waals surface area contributed by atoms with Crippen molar-refractivity contribution in [3.8, 4) is 11.5 Å². The Morgan fingerprint density at radius 3 is 2.63 bits per heavy atom. The highest BCUT2D eigenvalue weighted by molar-refractivity contribution is 9.11. The molecule has 3 aromatic rings. The average molecular weight is 751 g/mol. The zero-order chi connectivity index (χ0) is 30.9. The highest BCUT2D eigenvalue weighted by Gasteiger charge is 2.32. The van der Waals surface area contributed by atoms with Crippen LogP contribution in [0.1, 0.15) is 36.6 Å². The third-order valence-corrected chi connectivity index (χ3v) is 7.75. The Bertz CT molecular complexity index is 1600. The lowest BCUT2D eigenvalue weighted by Gasteiger charge is -2.30. The van der Waals surface area contributed by atoms with E-state index in [0.717, 1.165) is 10.0 Å². The van der Waals surface area contributed by atoms with Crippen LogP contribution in [0, 0.1) is 0 Å². The predicted molar refractivity (Wildman–Crippen MR) is 176 cm³/mol. The molecule has 1 aliphatic heterocycles. The number of rotatable bonds is 11. The van der Waals surface area contributed by atoms with Gasteiger partial charge in [0.05, 0.1) is 28.9 Å². The van der Waals surface area contributed by atoms with E-state index >= 15 is 0 Å². The van der Waals surface area contributed by atoms with E-state index in [4.69, 9.17) is 38.0 Å². The number of allylic oxidation sites excluding steroid dienone is 1. The van der Waals surface area contributed by atoms with Gasteiger partial charge in [0.15, 0.2) is 11.7 Å². The van der Waals surface area contributed by atoms with Gasteiger partial charge in [-0.1, -0.05) is 63.9 Å². The number of hydrogen-bond acceptors (Lipinski definition) is 7. The van der Waals surface area contributed by atoms with Crippen molar-refractivity contribution >= 4 is 78.9 Å². The van der Waals surface area contributed by atoms with Crippen molar-refractivity contribution in [2.75, 3.05) is 13.2 Å². The van der Waals surface area contributed by atoms with Gasteiger partial charge in [0.2, 0.25) is 0 Å². The van der Waals surface area contributed by atoms with Crippen LogP contribution in [0.15, 0.2) is 86.0 Å². The van der Waals surface area contributed by atoms with Gasteiger partial charge in [-0.3, -0.25) is 4.79 Å². The summed E-state index contributed by atoms with van der Waals surface area (Å²) in [7, 11) is 0. The first-order valence-corrected chi connectivity index (χ1v) is 15.4. The number of hydrogen-bond donors (Lipinski definition) is 3. The van der Waals surface area contributed by atoms with Gasteiger partial charge in [0.1, 0.15) is 18.1 Å². The van der Waals surface area contributed by atoms with Gasteiger partial charge in [-0.2, -0.15) is 5.10 Å². The lowest BCUT2D eigenvalue weighted by molar-refractivity contribution is -0.139. The molecule has 0 unspecified atom stereocenters. The van der Waals surface area contributed by atoms with Crippen LogP contribution in [0.3, 0.4) is 0 Å². The van der Waals surface area contributed by atoms with Gasteiger partial charge >= 0.3 is 5.97 Å². The van der Waals surface area contributed by atoms with Crippen molar-refractivity contribution in [3.05, 3.63) is 103 Å². The largest absolute Gasteiger partial charge is 0.487 e. The molecular weight excluding hydrogens is 724 g/mol. The molecule has 0 aliphatic carbocycles. The molecule has 13 heteroatoms. The van der Waals surface area contributed by atoms with E-state index in [-0.39, 0.29) is 19.8 Å². The number of hydrazone groups is 1. The summed E-state index contributed by atoms with van der Waals surface area (Å²) in [5, 5.41) is 11.1. The molecule has 0 radical (unpaired) electrons. The number of nitrogens with one attached hydrogen (secondary N) is 3. The summed E-state index contributed by atoms with van der Waals surface area (Å²) < 4.78 is 18.6. The van der Waals surface area contributed by atoms with Gasteiger partial charge in [-0.05, 0) is 66.3 Å². The van der Waals surface area contributed by atoms with Gasteiger partial charge < -0.3 is 24.8 Å². The Morgan fingerprint density at radius 1 is 1.12 bits per heavy atom. The Morgan fingerprint density at radius 2 is 1.86 bits per heavy atom. The number of amides is 1. The molecule has 0 bridgehead atoms.